The number of ether oxygens (including phenoxy) is 2. The number of carbonyl (C=O) groups is 2. The van der Waals surface area contributed by atoms with Crippen molar-refractivity contribution < 1.29 is 24.2 Å². The fraction of sp³-hybridized carbons (Fsp3) is 0.818. The molecular formula is C11H17NO5. The largest absolute Gasteiger partial charge is 0.479 e. The topological polar surface area (TPSA) is 76.1 Å². The molecule has 2 aliphatic heterocycles. The molecule has 17 heavy (non-hydrogen) atoms. The number of carbonyl (C=O) groups excluding carboxylic acids is 1. The monoisotopic (exact) mass is 243 g/mol. The van der Waals surface area contributed by atoms with Crippen LogP contribution in [0.4, 0.5) is 0 Å². The highest BCUT2D eigenvalue weighted by molar-refractivity contribution is 5.79. The third-order valence-corrected chi connectivity index (χ3v) is 3.12. The number of amides is 1. The molecule has 0 aromatic carbocycles. The minimum atomic E-state index is -1.01. The summed E-state index contributed by atoms with van der Waals surface area (Å²) in [4.78, 5) is 24.3. The predicted molar refractivity (Wildman–Crippen MR) is 57.5 cm³/mol. The third kappa shape index (κ3) is 3.17. The molecule has 0 aliphatic carbocycles. The van der Waals surface area contributed by atoms with Crippen LogP contribution < -0.4 is 0 Å². The third-order valence-electron chi connectivity index (χ3n) is 3.12. The first-order valence-electron chi connectivity index (χ1n) is 5.90. The molecule has 0 aromatic heterocycles. The first-order chi connectivity index (χ1) is 8.16. The molecule has 2 rings (SSSR count). The number of hydrogen-bond acceptors (Lipinski definition) is 4. The molecule has 1 amide bonds. The summed E-state index contributed by atoms with van der Waals surface area (Å²) in [6.45, 7) is 1.61. The Balaban J connectivity index is 1.83. The normalized spacial score (nSPS) is 29.3. The summed E-state index contributed by atoms with van der Waals surface area (Å²) in [6.07, 6.45) is 1.38. The number of morpholine rings is 1. The van der Waals surface area contributed by atoms with Gasteiger partial charge in [0.2, 0.25) is 5.91 Å². The molecule has 0 bridgehead atoms. The Morgan fingerprint density at radius 3 is 2.76 bits per heavy atom. The van der Waals surface area contributed by atoms with Gasteiger partial charge in [-0.05, 0) is 12.8 Å². The summed E-state index contributed by atoms with van der Waals surface area (Å²) in [5.74, 6) is -1.05. The SMILES string of the molecule is O=C(O)C1CN(C(=O)CC2CCCO2)CCO1. The van der Waals surface area contributed by atoms with Crippen LogP contribution in [-0.2, 0) is 19.1 Å². The summed E-state index contributed by atoms with van der Waals surface area (Å²) >= 11 is 0. The lowest BCUT2D eigenvalue weighted by atomic mass is 10.1. The molecule has 2 saturated heterocycles. The van der Waals surface area contributed by atoms with E-state index in [0.29, 0.717) is 13.0 Å². The first-order valence-corrected chi connectivity index (χ1v) is 5.90. The van der Waals surface area contributed by atoms with Gasteiger partial charge in [0.1, 0.15) is 0 Å². The molecule has 2 aliphatic rings. The molecular weight excluding hydrogens is 226 g/mol. The van der Waals surface area contributed by atoms with Gasteiger partial charge in [0.05, 0.1) is 25.7 Å². The molecule has 2 unspecified atom stereocenters. The van der Waals surface area contributed by atoms with E-state index in [1.165, 1.54) is 0 Å². The predicted octanol–water partition coefficient (Wildman–Crippen LogP) is -0.133. The van der Waals surface area contributed by atoms with Crippen LogP contribution in [-0.4, -0.2) is 60.4 Å². The molecule has 1 N–H and O–H groups in total. The molecule has 6 nitrogen and oxygen atoms in total. The molecule has 0 saturated carbocycles. The molecule has 6 heteroatoms. The summed E-state index contributed by atoms with van der Waals surface area (Å²) < 4.78 is 10.5. The van der Waals surface area contributed by atoms with Crippen molar-refractivity contribution in [2.24, 2.45) is 0 Å². The Hall–Kier alpha value is -1.14. The Kier molecular flexibility index (Phi) is 3.96. The van der Waals surface area contributed by atoms with Crippen LogP contribution in [0.1, 0.15) is 19.3 Å². The lowest BCUT2D eigenvalue weighted by Crippen LogP contribution is -2.49. The van der Waals surface area contributed by atoms with Crippen molar-refractivity contribution in [2.45, 2.75) is 31.5 Å². The van der Waals surface area contributed by atoms with Gasteiger partial charge in [0.25, 0.3) is 0 Å². The first kappa shape index (κ1) is 12.3. The smallest absolute Gasteiger partial charge is 0.334 e. The van der Waals surface area contributed by atoms with E-state index in [2.05, 4.69) is 0 Å². The van der Waals surface area contributed by atoms with Crippen LogP contribution in [0.3, 0.4) is 0 Å². The van der Waals surface area contributed by atoms with E-state index in [-0.39, 0.29) is 25.2 Å². The van der Waals surface area contributed by atoms with Crippen molar-refractivity contribution in [1.82, 2.24) is 4.90 Å². The number of nitrogens with zero attached hydrogens (tertiary/aromatic N) is 1. The van der Waals surface area contributed by atoms with Gasteiger partial charge in [-0.3, -0.25) is 4.79 Å². The number of rotatable bonds is 3. The quantitative estimate of drug-likeness (QED) is 0.747. The van der Waals surface area contributed by atoms with Gasteiger partial charge in [-0.15, -0.1) is 0 Å². The molecule has 0 aromatic rings. The van der Waals surface area contributed by atoms with Crippen molar-refractivity contribution in [3.05, 3.63) is 0 Å². The number of carboxylic acids is 1. The second kappa shape index (κ2) is 5.46. The standard InChI is InChI=1S/C11H17NO5/c13-10(6-8-2-1-4-16-8)12-3-5-17-9(7-12)11(14)15/h8-9H,1-7H2,(H,14,15). The Labute approximate surface area is 99.5 Å². The molecule has 96 valence electrons. The highest BCUT2D eigenvalue weighted by Gasteiger charge is 2.30. The number of aliphatic carboxylic acids is 1. The maximum Gasteiger partial charge on any atom is 0.334 e. The van der Waals surface area contributed by atoms with E-state index in [0.717, 1.165) is 19.4 Å². The fourth-order valence-corrected chi connectivity index (χ4v) is 2.15. The van der Waals surface area contributed by atoms with Crippen molar-refractivity contribution in [1.29, 1.82) is 0 Å². The van der Waals surface area contributed by atoms with Gasteiger partial charge in [0.15, 0.2) is 6.10 Å². The highest BCUT2D eigenvalue weighted by Crippen LogP contribution is 2.17. The maximum absolute atomic E-state index is 11.9. The summed E-state index contributed by atoms with van der Waals surface area (Å²) in [7, 11) is 0. The average Bonchev–Trinajstić information content (AvgIpc) is 2.82. The van der Waals surface area contributed by atoms with Crippen LogP contribution in [0.15, 0.2) is 0 Å². The number of carboxylic acid groups (broad SMARTS) is 1. The highest BCUT2D eigenvalue weighted by atomic mass is 16.5. The molecule has 0 radical (unpaired) electrons. The van der Waals surface area contributed by atoms with E-state index < -0.39 is 12.1 Å². The summed E-state index contributed by atoms with van der Waals surface area (Å²) in [6, 6.07) is 0. The van der Waals surface area contributed by atoms with Gasteiger partial charge in [-0.2, -0.15) is 0 Å². The van der Waals surface area contributed by atoms with Gasteiger partial charge >= 0.3 is 5.97 Å². The van der Waals surface area contributed by atoms with Crippen LogP contribution in [0.2, 0.25) is 0 Å². The Bertz CT molecular complexity index is 300. The lowest BCUT2D eigenvalue weighted by Gasteiger charge is -2.31. The number of hydrogen-bond donors (Lipinski definition) is 1. The summed E-state index contributed by atoms with van der Waals surface area (Å²) in [5.41, 5.74) is 0. The Morgan fingerprint density at radius 1 is 1.29 bits per heavy atom. The van der Waals surface area contributed by atoms with E-state index in [1.54, 1.807) is 4.90 Å². The van der Waals surface area contributed by atoms with Gasteiger partial charge in [-0.1, -0.05) is 0 Å². The zero-order chi connectivity index (χ0) is 12.3. The van der Waals surface area contributed by atoms with Gasteiger partial charge in [0, 0.05) is 13.2 Å². The summed E-state index contributed by atoms with van der Waals surface area (Å²) in [5, 5.41) is 8.83. The van der Waals surface area contributed by atoms with Crippen molar-refractivity contribution in [3.8, 4) is 0 Å². The van der Waals surface area contributed by atoms with Crippen LogP contribution in [0, 0.1) is 0 Å². The molecule has 2 atom stereocenters. The molecule has 0 spiro atoms. The van der Waals surface area contributed by atoms with Gasteiger partial charge in [-0.25, -0.2) is 4.79 Å². The fourth-order valence-electron chi connectivity index (χ4n) is 2.15. The average molecular weight is 243 g/mol. The second-order valence-electron chi connectivity index (χ2n) is 4.38. The molecule has 2 fully saturated rings. The maximum atomic E-state index is 11.9. The van der Waals surface area contributed by atoms with Gasteiger partial charge < -0.3 is 19.5 Å². The second-order valence-corrected chi connectivity index (χ2v) is 4.38. The van der Waals surface area contributed by atoms with Crippen molar-refractivity contribution in [2.75, 3.05) is 26.3 Å². The van der Waals surface area contributed by atoms with E-state index in [9.17, 15) is 9.59 Å². The van der Waals surface area contributed by atoms with Crippen molar-refractivity contribution in [3.63, 3.8) is 0 Å². The lowest BCUT2D eigenvalue weighted by molar-refractivity contribution is -0.159. The van der Waals surface area contributed by atoms with E-state index >= 15 is 0 Å². The van der Waals surface area contributed by atoms with Crippen LogP contribution in [0.5, 0.6) is 0 Å². The van der Waals surface area contributed by atoms with E-state index in [1.807, 2.05) is 0 Å². The minimum Gasteiger partial charge on any atom is -0.479 e. The zero-order valence-corrected chi connectivity index (χ0v) is 9.63. The van der Waals surface area contributed by atoms with E-state index in [4.69, 9.17) is 14.6 Å². The van der Waals surface area contributed by atoms with Crippen LogP contribution in [0.25, 0.3) is 0 Å². The minimum absolute atomic E-state index is 0.00798. The zero-order valence-electron chi connectivity index (χ0n) is 9.63. The van der Waals surface area contributed by atoms with Crippen LogP contribution >= 0.6 is 0 Å². The Morgan fingerprint density at radius 2 is 2.12 bits per heavy atom. The van der Waals surface area contributed by atoms with Crippen molar-refractivity contribution >= 4 is 11.9 Å². The molecule has 2 heterocycles.